The highest BCUT2D eigenvalue weighted by molar-refractivity contribution is 7.99. The van der Waals surface area contributed by atoms with Crippen molar-refractivity contribution in [3.8, 4) is 11.5 Å². The van der Waals surface area contributed by atoms with Crippen molar-refractivity contribution < 1.29 is 9.53 Å². The Labute approximate surface area is 175 Å². The summed E-state index contributed by atoms with van der Waals surface area (Å²) in [5, 5.41) is 17.2. The van der Waals surface area contributed by atoms with Crippen molar-refractivity contribution in [1.29, 1.82) is 0 Å². The van der Waals surface area contributed by atoms with Crippen LogP contribution in [0, 0.1) is 0 Å². The van der Waals surface area contributed by atoms with Crippen LogP contribution in [0.4, 0.5) is 5.69 Å². The molecule has 0 spiro atoms. The Kier molecular flexibility index (Phi) is 6.18. The third-order valence-electron chi connectivity index (χ3n) is 3.85. The van der Waals surface area contributed by atoms with E-state index >= 15 is 0 Å². The third kappa shape index (κ3) is 5.21. The monoisotopic (exact) mass is 423 g/mol. The van der Waals surface area contributed by atoms with Crippen LogP contribution >= 0.6 is 23.1 Å². The summed E-state index contributed by atoms with van der Waals surface area (Å²) in [6, 6.07) is 20.8. The lowest BCUT2D eigenvalue weighted by atomic mass is 10.3. The molecule has 4 rings (SSSR count). The molecule has 0 fully saturated rings. The van der Waals surface area contributed by atoms with Crippen LogP contribution in [-0.4, -0.2) is 31.9 Å². The number of nitrogens with one attached hydrogen (secondary N) is 1. The molecule has 29 heavy (non-hydrogen) atoms. The number of thioether (sulfide) groups is 1. The van der Waals surface area contributed by atoms with E-state index in [9.17, 15) is 4.79 Å². The van der Waals surface area contributed by atoms with Gasteiger partial charge in [-0.1, -0.05) is 48.2 Å². The van der Waals surface area contributed by atoms with Gasteiger partial charge in [-0.25, -0.2) is 4.68 Å². The fourth-order valence-electron chi connectivity index (χ4n) is 2.54. The van der Waals surface area contributed by atoms with Gasteiger partial charge >= 0.3 is 0 Å². The van der Waals surface area contributed by atoms with Gasteiger partial charge in [0.25, 0.3) is 0 Å². The van der Waals surface area contributed by atoms with Crippen LogP contribution in [0.1, 0.15) is 4.88 Å². The van der Waals surface area contributed by atoms with Gasteiger partial charge in [0.15, 0.2) is 5.75 Å². The molecule has 0 unspecified atom stereocenters. The molecule has 0 bridgehead atoms. The van der Waals surface area contributed by atoms with E-state index < -0.39 is 0 Å². The number of hydrogen-bond acceptors (Lipinski definition) is 7. The molecule has 0 radical (unpaired) electrons. The number of carbonyl (C=O) groups is 1. The highest BCUT2D eigenvalue weighted by Crippen LogP contribution is 2.29. The largest absolute Gasteiger partial charge is 0.455 e. The van der Waals surface area contributed by atoms with Crippen LogP contribution in [0.2, 0.25) is 0 Å². The number of hydrogen-bond donors (Lipinski definition) is 1. The van der Waals surface area contributed by atoms with Crippen molar-refractivity contribution >= 4 is 34.7 Å². The fourth-order valence-corrected chi connectivity index (χ4v) is 3.90. The quantitative estimate of drug-likeness (QED) is 0.426. The van der Waals surface area contributed by atoms with Crippen LogP contribution in [-0.2, 0) is 11.3 Å². The molecule has 0 saturated heterocycles. The predicted molar refractivity (Wildman–Crippen MR) is 114 cm³/mol. The van der Waals surface area contributed by atoms with Crippen LogP contribution in [0.3, 0.4) is 0 Å². The van der Waals surface area contributed by atoms with Gasteiger partial charge in [0.1, 0.15) is 5.75 Å². The van der Waals surface area contributed by atoms with Gasteiger partial charge in [-0.05, 0) is 46.1 Å². The molecule has 0 aliphatic carbocycles. The van der Waals surface area contributed by atoms with E-state index in [1.165, 1.54) is 11.8 Å². The first kappa shape index (κ1) is 19.2. The van der Waals surface area contributed by atoms with E-state index in [0.717, 1.165) is 4.88 Å². The van der Waals surface area contributed by atoms with Gasteiger partial charge in [0, 0.05) is 4.88 Å². The van der Waals surface area contributed by atoms with Gasteiger partial charge in [-0.15, -0.1) is 16.4 Å². The molecule has 2 aromatic carbocycles. The molecular formula is C20H17N5O2S2. The zero-order valence-corrected chi connectivity index (χ0v) is 16.9. The maximum Gasteiger partial charge on any atom is 0.234 e. The number of anilines is 1. The van der Waals surface area contributed by atoms with Crippen molar-refractivity contribution in [1.82, 2.24) is 20.2 Å². The second-order valence-corrected chi connectivity index (χ2v) is 7.92. The number of thiophene rings is 1. The molecule has 0 atom stereocenters. The second-order valence-electron chi connectivity index (χ2n) is 5.95. The highest BCUT2D eigenvalue weighted by Gasteiger charge is 2.13. The summed E-state index contributed by atoms with van der Waals surface area (Å²) < 4.78 is 7.57. The van der Waals surface area contributed by atoms with Gasteiger partial charge in [0.05, 0.1) is 18.0 Å². The summed E-state index contributed by atoms with van der Waals surface area (Å²) in [5.41, 5.74) is 0.611. The molecule has 9 heteroatoms. The van der Waals surface area contributed by atoms with Crippen LogP contribution in [0.5, 0.6) is 11.5 Å². The van der Waals surface area contributed by atoms with Gasteiger partial charge < -0.3 is 10.1 Å². The Bertz CT molecular complexity index is 1070. The molecule has 0 saturated carbocycles. The zero-order valence-electron chi connectivity index (χ0n) is 15.3. The van der Waals surface area contributed by atoms with Crippen molar-refractivity contribution in [2.75, 3.05) is 11.1 Å². The highest BCUT2D eigenvalue weighted by atomic mass is 32.2. The zero-order chi connectivity index (χ0) is 19.9. The van der Waals surface area contributed by atoms with E-state index in [1.807, 2.05) is 72.1 Å². The Hall–Kier alpha value is -3.17. The molecular weight excluding hydrogens is 406 g/mol. The van der Waals surface area contributed by atoms with E-state index in [4.69, 9.17) is 4.74 Å². The summed E-state index contributed by atoms with van der Waals surface area (Å²) in [5.74, 6) is 1.31. The van der Waals surface area contributed by atoms with Crippen molar-refractivity contribution in [2.24, 2.45) is 0 Å². The summed E-state index contributed by atoms with van der Waals surface area (Å²) in [6.07, 6.45) is 0. The SMILES string of the molecule is O=C(CSc1nnnn1Cc1cccs1)Nc1ccccc1Oc1ccccc1. The smallest absolute Gasteiger partial charge is 0.234 e. The molecule has 1 N–H and O–H groups in total. The second kappa shape index (κ2) is 9.35. The Morgan fingerprint density at radius 2 is 1.90 bits per heavy atom. The number of benzene rings is 2. The third-order valence-corrected chi connectivity index (χ3v) is 5.67. The Morgan fingerprint density at radius 3 is 2.72 bits per heavy atom. The summed E-state index contributed by atoms with van der Waals surface area (Å²) in [7, 11) is 0. The Balaban J connectivity index is 1.37. The lowest BCUT2D eigenvalue weighted by Crippen LogP contribution is -2.15. The summed E-state index contributed by atoms with van der Waals surface area (Å²) in [4.78, 5) is 13.6. The normalized spacial score (nSPS) is 10.6. The van der Waals surface area contributed by atoms with Crippen LogP contribution in [0.25, 0.3) is 0 Å². The van der Waals surface area contributed by atoms with Crippen molar-refractivity contribution in [2.45, 2.75) is 11.7 Å². The summed E-state index contributed by atoms with van der Waals surface area (Å²) in [6.45, 7) is 0.586. The molecule has 4 aromatic rings. The molecule has 2 heterocycles. The first-order valence-corrected chi connectivity index (χ1v) is 10.7. The lowest BCUT2D eigenvalue weighted by molar-refractivity contribution is -0.113. The number of nitrogens with zero attached hydrogens (tertiary/aromatic N) is 4. The van der Waals surface area contributed by atoms with Gasteiger partial charge in [0.2, 0.25) is 11.1 Å². The molecule has 0 aliphatic rings. The maximum absolute atomic E-state index is 12.5. The van der Waals surface area contributed by atoms with E-state index in [1.54, 1.807) is 16.0 Å². The number of para-hydroxylation sites is 3. The first-order valence-electron chi connectivity index (χ1n) is 8.81. The number of ether oxygens (including phenoxy) is 1. The molecule has 7 nitrogen and oxygen atoms in total. The Morgan fingerprint density at radius 1 is 1.07 bits per heavy atom. The van der Waals surface area contributed by atoms with Crippen molar-refractivity contribution in [3.63, 3.8) is 0 Å². The number of rotatable bonds is 8. The molecule has 1 amide bonds. The number of amides is 1. The average molecular weight is 424 g/mol. The van der Waals surface area contributed by atoms with E-state index in [2.05, 4.69) is 20.8 Å². The van der Waals surface area contributed by atoms with Crippen LogP contribution in [0.15, 0.2) is 77.3 Å². The van der Waals surface area contributed by atoms with E-state index in [-0.39, 0.29) is 11.7 Å². The number of tetrazole rings is 1. The maximum atomic E-state index is 12.5. The minimum absolute atomic E-state index is 0.162. The fraction of sp³-hybridized carbons (Fsp3) is 0.100. The topological polar surface area (TPSA) is 81.9 Å². The molecule has 2 aromatic heterocycles. The van der Waals surface area contributed by atoms with Gasteiger partial charge in [-0.2, -0.15) is 0 Å². The van der Waals surface area contributed by atoms with E-state index in [0.29, 0.717) is 28.9 Å². The molecule has 146 valence electrons. The average Bonchev–Trinajstić information content (AvgIpc) is 3.41. The number of carbonyl (C=O) groups excluding carboxylic acids is 1. The lowest BCUT2D eigenvalue weighted by Gasteiger charge is -2.12. The van der Waals surface area contributed by atoms with Gasteiger partial charge in [-0.3, -0.25) is 4.79 Å². The minimum Gasteiger partial charge on any atom is -0.455 e. The first-order chi connectivity index (χ1) is 14.3. The summed E-state index contributed by atoms with van der Waals surface area (Å²) >= 11 is 2.93. The minimum atomic E-state index is -0.162. The standard InChI is InChI=1S/C20H17N5O2S2/c26-19(14-29-20-22-23-24-25(20)13-16-9-6-12-28-16)21-17-10-4-5-11-18(17)27-15-7-2-1-3-8-15/h1-12H,13-14H2,(H,21,26). The molecule has 0 aliphatic heterocycles. The predicted octanol–water partition coefficient (Wildman–Crippen LogP) is 4.31. The number of aromatic nitrogens is 4. The van der Waals surface area contributed by atoms with Crippen LogP contribution < -0.4 is 10.1 Å². The van der Waals surface area contributed by atoms with Crippen molar-refractivity contribution in [3.05, 3.63) is 77.0 Å².